The summed E-state index contributed by atoms with van der Waals surface area (Å²) >= 11 is 1.42. The molecule has 0 aliphatic carbocycles. The maximum absolute atomic E-state index is 12.5. The maximum atomic E-state index is 12.5. The fourth-order valence-electron chi connectivity index (χ4n) is 2.24. The van der Waals surface area contributed by atoms with Crippen molar-refractivity contribution in [3.63, 3.8) is 0 Å². The summed E-state index contributed by atoms with van der Waals surface area (Å²) in [6, 6.07) is 5.64. The highest BCUT2D eigenvalue weighted by molar-refractivity contribution is 8.18. The molecule has 0 N–H and O–H groups in total. The molecule has 0 atom stereocenters. The third-order valence-electron chi connectivity index (χ3n) is 3.28. The highest BCUT2D eigenvalue weighted by Gasteiger charge is 2.31. The van der Waals surface area contributed by atoms with Gasteiger partial charge in [-0.3, -0.25) is 14.7 Å². The Bertz CT molecular complexity index is 641. The van der Waals surface area contributed by atoms with Gasteiger partial charge in [0.2, 0.25) is 0 Å². The Morgan fingerprint density at radius 1 is 1.26 bits per heavy atom. The van der Waals surface area contributed by atoms with Crippen LogP contribution in [0, 0.1) is 0 Å². The number of aliphatic imine (C=N–C) groups is 1. The van der Waals surface area contributed by atoms with Crippen LogP contribution in [0.15, 0.2) is 28.1 Å². The summed E-state index contributed by atoms with van der Waals surface area (Å²) in [4.78, 5) is 19.2. The molecule has 5 nitrogen and oxygen atoms in total. The van der Waals surface area contributed by atoms with E-state index in [-0.39, 0.29) is 5.91 Å². The highest BCUT2D eigenvalue weighted by atomic mass is 32.2. The zero-order chi connectivity index (χ0) is 16.8. The summed E-state index contributed by atoms with van der Waals surface area (Å²) in [5, 5.41) is 0.768. The quantitative estimate of drug-likeness (QED) is 0.748. The lowest BCUT2D eigenvalue weighted by molar-refractivity contribution is -0.122. The Hall–Kier alpha value is -1.95. The van der Waals surface area contributed by atoms with Gasteiger partial charge >= 0.3 is 0 Å². The molecule has 1 fully saturated rings. The minimum atomic E-state index is -0.00141. The number of ether oxygens (including phenoxy) is 2. The highest BCUT2D eigenvalue weighted by Crippen LogP contribution is 2.34. The number of carbonyl (C=O) groups is 1. The second kappa shape index (κ2) is 8.06. The van der Waals surface area contributed by atoms with Gasteiger partial charge in [0, 0.05) is 13.1 Å². The van der Waals surface area contributed by atoms with Crippen LogP contribution in [0.25, 0.3) is 6.08 Å². The van der Waals surface area contributed by atoms with E-state index >= 15 is 0 Å². The molecule has 124 valence electrons. The van der Waals surface area contributed by atoms with Crippen LogP contribution in [0.4, 0.5) is 0 Å². The minimum absolute atomic E-state index is 0.00141. The van der Waals surface area contributed by atoms with E-state index < -0.39 is 0 Å². The van der Waals surface area contributed by atoms with Gasteiger partial charge in [-0.15, -0.1) is 0 Å². The van der Waals surface area contributed by atoms with E-state index in [1.165, 1.54) is 11.8 Å². The van der Waals surface area contributed by atoms with Crippen LogP contribution in [0.2, 0.25) is 0 Å². The van der Waals surface area contributed by atoms with Crippen LogP contribution in [0.3, 0.4) is 0 Å². The van der Waals surface area contributed by atoms with E-state index in [0.717, 1.165) is 10.7 Å². The van der Waals surface area contributed by atoms with E-state index in [2.05, 4.69) is 4.99 Å². The normalized spacial score (nSPS) is 18.1. The zero-order valence-electron chi connectivity index (χ0n) is 14.0. The summed E-state index contributed by atoms with van der Waals surface area (Å²) in [6.45, 7) is 7.68. The molecule has 0 spiro atoms. The lowest BCUT2D eigenvalue weighted by atomic mass is 10.2. The van der Waals surface area contributed by atoms with Crippen molar-refractivity contribution in [1.29, 1.82) is 0 Å². The smallest absolute Gasteiger partial charge is 0.266 e. The number of methoxy groups -OCH3 is 1. The fraction of sp³-hybridized carbons (Fsp3) is 0.412. The predicted molar refractivity (Wildman–Crippen MR) is 95.1 cm³/mol. The van der Waals surface area contributed by atoms with Crippen LogP contribution in [0.1, 0.15) is 26.3 Å². The molecule has 0 saturated carbocycles. The van der Waals surface area contributed by atoms with E-state index in [4.69, 9.17) is 9.47 Å². The average Bonchev–Trinajstić information content (AvgIpc) is 2.83. The third kappa shape index (κ3) is 3.88. The van der Waals surface area contributed by atoms with Crippen LogP contribution < -0.4 is 9.47 Å². The van der Waals surface area contributed by atoms with Crippen molar-refractivity contribution >= 4 is 28.9 Å². The second-order valence-corrected chi connectivity index (χ2v) is 5.77. The molecule has 6 heteroatoms. The van der Waals surface area contributed by atoms with E-state index in [1.54, 1.807) is 12.0 Å². The molecule has 2 rings (SSSR count). The summed E-state index contributed by atoms with van der Waals surface area (Å²) in [5.41, 5.74) is 0.902. The molecule has 1 aliphatic rings. The van der Waals surface area contributed by atoms with Crippen molar-refractivity contribution in [3.8, 4) is 11.5 Å². The second-order valence-electron chi connectivity index (χ2n) is 4.76. The molecule has 0 unspecified atom stereocenters. The van der Waals surface area contributed by atoms with Crippen molar-refractivity contribution in [3.05, 3.63) is 28.7 Å². The largest absolute Gasteiger partial charge is 0.493 e. The molecule has 1 aromatic carbocycles. The molecule has 1 heterocycles. The summed E-state index contributed by atoms with van der Waals surface area (Å²) in [7, 11) is 1.61. The molecule has 0 aromatic heterocycles. The maximum Gasteiger partial charge on any atom is 0.266 e. The van der Waals surface area contributed by atoms with E-state index in [0.29, 0.717) is 36.1 Å². The number of rotatable bonds is 6. The lowest BCUT2D eigenvalue weighted by Gasteiger charge is -2.11. The number of benzene rings is 1. The number of nitrogens with zero attached hydrogens (tertiary/aromatic N) is 2. The summed E-state index contributed by atoms with van der Waals surface area (Å²) in [6.07, 6.45) is 1.87. The lowest BCUT2D eigenvalue weighted by Crippen LogP contribution is -2.28. The zero-order valence-corrected chi connectivity index (χ0v) is 14.8. The van der Waals surface area contributed by atoms with Crippen LogP contribution in [0.5, 0.6) is 11.5 Å². The Morgan fingerprint density at radius 3 is 2.65 bits per heavy atom. The molecule has 1 aliphatic heterocycles. The van der Waals surface area contributed by atoms with Crippen LogP contribution >= 0.6 is 11.8 Å². The van der Waals surface area contributed by atoms with Gasteiger partial charge in [0.25, 0.3) is 5.91 Å². The standard InChI is InChI=1S/C17H22N2O3S/c1-5-18-17-19(6-2)16(20)15(23-17)11-12-8-9-13(21-4)14(10-12)22-7-3/h8-11H,5-7H2,1-4H3. The van der Waals surface area contributed by atoms with Gasteiger partial charge in [-0.05, 0) is 56.3 Å². The Morgan fingerprint density at radius 2 is 2.04 bits per heavy atom. The Balaban J connectivity index is 2.33. The number of hydrogen-bond donors (Lipinski definition) is 0. The van der Waals surface area contributed by atoms with Gasteiger partial charge in [0.05, 0.1) is 18.6 Å². The number of likely N-dealkylation sites (N-methyl/N-ethyl adjacent to an activating group) is 1. The Labute approximate surface area is 141 Å². The monoisotopic (exact) mass is 334 g/mol. The van der Waals surface area contributed by atoms with Gasteiger partial charge in [-0.1, -0.05) is 6.07 Å². The van der Waals surface area contributed by atoms with E-state index in [1.807, 2.05) is 45.0 Å². The predicted octanol–water partition coefficient (Wildman–Crippen LogP) is 3.41. The van der Waals surface area contributed by atoms with Gasteiger partial charge in [-0.2, -0.15) is 0 Å². The summed E-state index contributed by atoms with van der Waals surface area (Å²) < 4.78 is 10.9. The molecule has 1 saturated heterocycles. The first-order valence-electron chi connectivity index (χ1n) is 7.71. The Kier molecular flexibility index (Phi) is 6.10. The van der Waals surface area contributed by atoms with E-state index in [9.17, 15) is 4.79 Å². The average molecular weight is 334 g/mol. The summed E-state index contributed by atoms with van der Waals surface area (Å²) in [5.74, 6) is 1.36. The third-order valence-corrected chi connectivity index (χ3v) is 4.33. The van der Waals surface area contributed by atoms with Crippen molar-refractivity contribution < 1.29 is 14.3 Å². The van der Waals surface area contributed by atoms with Crippen molar-refractivity contribution in [1.82, 2.24) is 4.90 Å². The molecule has 0 radical (unpaired) electrons. The first kappa shape index (κ1) is 17.4. The molecule has 0 bridgehead atoms. The first-order chi connectivity index (χ1) is 11.1. The number of amidine groups is 1. The van der Waals surface area contributed by atoms with Crippen molar-refractivity contribution in [2.75, 3.05) is 26.8 Å². The number of hydrogen-bond acceptors (Lipinski definition) is 5. The van der Waals surface area contributed by atoms with Gasteiger partial charge in [0.1, 0.15) is 0 Å². The van der Waals surface area contributed by atoms with Gasteiger partial charge < -0.3 is 9.47 Å². The van der Waals surface area contributed by atoms with Crippen molar-refractivity contribution in [2.45, 2.75) is 20.8 Å². The van der Waals surface area contributed by atoms with Crippen molar-refractivity contribution in [2.24, 2.45) is 4.99 Å². The SMILES string of the molecule is CCN=C1SC(=Cc2ccc(OC)c(OCC)c2)C(=O)N1CC. The molecule has 23 heavy (non-hydrogen) atoms. The topological polar surface area (TPSA) is 51.1 Å². The minimum Gasteiger partial charge on any atom is -0.493 e. The first-order valence-corrected chi connectivity index (χ1v) is 8.52. The molecular formula is C17H22N2O3S. The number of thioether (sulfide) groups is 1. The number of amides is 1. The van der Waals surface area contributed by atoms with Gasteiger partial charge in [0.15, 0.2) is 16.7 Å². The molecule has 1 aromatic rings. The van der Waals surface area contributed by atoms with Crippen LogP contribution in [-0.2, 0) is 4.79 Å². The number of carbonyl (C=O) groups excluding carboxylic acids is 1. The fourth-order valence-corrected chi connectivity index (χ4v) is 3.35. The molecular weight excluding hydrogens is 312 g/mol. The molecule has 1 amide bonds. The van der Waals surface area contributed by atoms with Crippen LogP contribution in [-0.4, -0.2) is 42.8 Å². The van der Waals surface area contributed by atoms with Gasteiger partial charge in [-0.25, -0.2) is 0 Å².